The Kier molecular flexibility index (Phi) is 433. The summed E-state index contributed by atoms with van der Waals surface area (Å²) in [6.45, 7) is 0. The number of halogens is 8. The van der Waals surface area contributed by atoms with Crippen molar-refractivity contribution in [1.82, 2.24) is 0 Å². The molecule has 0 atom stereocenters. The molecule has 0 aliphatic rings. The average molecular weight is 312 g/mol. The third kappa shape index (κ3) is 5600. The summed E-state index contributed by atoms with van der Waals surface area (Å²) in [6.07, 6.45) is 0. The molecule has 0 spiro atoms. The van der Waals surface area contributed by atoms with Crippen LogP contribution in [0.5, 0.6) is 0 Å². The van der Waals surface area contributed by atoms with Crippen molar-refractivity contribution in [3.8, 4) is 0 Å². The molecule has 0 heterocycles. The lowest BCUT2D eigenvalue weighted by atomic mass is 12.0. The maximum absolute atomic E-state index is 9.83. The van der Waals surface area contributed by atoms with Gasteiger partial charge in [0.15, 0.2) is 0 Å². The van der Waals surface area contributed by atoms with E-state index in [4.69, 9.17) is 8.92 Å². The molecule has 0 rings (SSSR count). The summed E-state index contributed by atoms with van der Waals surface area (Å²) in [6, 6.07) is 0. The highest BCUT2D eigenvalue weighted by Crippen LogP contribution is 2.06. The quantitative estimate of drug-likeness (QED) is 0.377. The lowest BCUT2D eigenvalue weighted by molar-refractivity contribution is 0.368. The van der Waals surface area contributed by atoms with Gasteiger partial charge >= 0.3 is 18.7 Å². The topological polar surface area (TPSA) is 97.1 Å². The molecule has 0 aromatic carbocycles. The molecule has 0 bridgehead atoms. The standard InChI is InChI=1S/2CH4.F4Si.4FH.O2Si.2H2O/c;;1-5(2,3)4;;;;;1-3-2;;/h2*1H4;;4*1H;;2*1H2. The zero-order chi connectivity index (χ0) is 7.21. The molecule has 0 unspecified atom stereocenters. The Morgan fingerprint density at radius 1 is 0.688 bits per heavy atom. The molecule has 0 aliphatic carbocycles. The summed E-state index contributed by atoms with van der Waals surface area (Å²) in [5, 5.41) is 0. The maximum atomic E-state index is 9.83. The van der Waals surface area contributed by atoms with Crippen molar-refractivity contribution in [2.24, 2.45) is 0 Å². The van der Waals surface area contributed by atoms with E-state index >= 15 is 0 Å². The maximum Gasteiger partial charge on any atom is 0.844 e. The van der Waals surface area contributed by atoms with Gasteiger partial charge in [0.25, 0.3) is 0 Å². The van der Waals surface area contributed by atoms with Gasteiger partial charge in [0.05, 0.1) is 0 Å². The fourth-order valence-electron chi connectivity index (χ4n) is 0. The highest BCUT2D eigenvalue weighted by Gasteiger charge is 2.39. The van der Waals surface area contributed by atoms with Crippen molar-refractivity contribution in [2.75, 3.05) is 0 Å². The second kappa shape index (κ2) is 63.2. The molecule has 0 fully saturated rings. The predicted molar refractivity (Wildman–Crippen MR) is 48.0 cm³/mol. The van der Waals surface area contributed by atoms with E-state index in [0.717, 1.165) is 0 Å². The minimum absolute atomic E-state index is 0. The third-order valence-corrected chi connectivity index (χ3v) is 0. The largest absolute Gasteiger partial charge is 0.844 e. The molecule has 0 aliphatic heterocycles. The van der Waals surface area contributed by atoms with Crippen molar-refractivity contribution in [3.63, 3.8) is 0 Å². The lowest BCUT2D eigenvalue weighted by Gasteiger charge is -1.75. The minimum atomic E-state index is -6.61. The van der Waals surface area contributed by atoms with Crippen LogP contribution in [0.15, 0.2) is 0 Å². The molecule has 0 aromatic heterocycles. The molecule has 0 saturated carbocycles. The fraction of sp³-hybridized carbons (Fsp3) is 1.00. The zero-order valence-corrected chi connectivity index (χ0v) is 7.96. The Balaban J connectivity index is -0.00000000388. The van der Waals surface area contributed by atoms with Gasteiger partial charge in [-0.3, -0.25) is 27.7 Å². The Bertz CT molecular complexity index is 88.5. The smallest absolute Gasteiger partial charge is 0.412 e. The number of hydrogen-bond acceptors (Lipinski definition) is 2. The van der Waals surface area contributed by atoms with Gasteiger partial charge in [-0.25, -0.2) is 16.4 Å². The van der Waals surface area contributed by atoms with E-state index in [1.54, 1.807) is 0 Å². The monoisotopic (exact) mass is 312 g/mol. The molecule has 4 N–H and O–H groups in total. The van der Waals surface area contributed by atoms with Gasteiger partial charge in [-0.15, -0.1) is 0 Å². The van der Waals surface area contributed by atoms with Crippen LogP contribution in [0.4, 0.5) is 35.2 Å². The fourth-order valence-corrected chi connectivity index (χ4v) is 0. The Morgan fingerprint density at radius 3 is 0.688 bits per heavy atom. The Labute approximate surface area is 89.8 Å². The van der Waals surface area contributed by atoms with Crippen LogP contribution in [0, 0.1) is 0 Å². The van der Waals surface area contributed by atoms with Gasteiger partial charge in [-0.05, 0) is 0 Å². The van der Waals surface area contributed by atoms with Crippen molar-refractivity contribution >= 4 is 18.7 Å². The van der Waals surface area contributed by atoms with E-state index in [-0.39, 0.29) is 44.6 Å². The summed E-state index contributed by atoms with van der Waals surface area (Å²) < 4.78 is 56.1. The van der Waals surface area contributed by atoms with Crippen molar-refractivity contribution in [2.45, 2.75) is 14.9 Å². The van der Waals surface area contributed by atoms with Gasteiger partial charge in [0.1, 0.15) is 0 Å². The SMILES string of the molecule is C.C.F.F.F.F.F[Si](F)(F)F.O.O.O=[Si]=O. The minimum Gasteiger partial charge on any atom is -0.412 e. The highest BCUT2D eigenvalue weighted by atomic mass is 28.5. The summed E-state index contributed by atoms with van der Waals surface area (Å²) in [5.41, 5.74) is 0. The summed E-state index contributed by atoms with van der Waals surface area (Å²) in [5.74, 6) is 0. The van der Waals surface area contributed by atoms with E-state index in [9.17, 15) is 16.4 Å². The summed E-state index contributed by atoms with van der Waals surface area (Å²) in [4.78, 5) is 0. The predicted octanol–water partition coefficient (Wildman–Crippen LogP) is 0.914. The van der Waals surface area contributed by atoms with Gasteiger partial charge in [-0.1, -0.05) is 14.9 Å². The van der Waals surface area contributed by atoms with Gasteiger partial charge < -0.3 is 11.0 Å². The van der Waals surface area contributed by atoms with Crippen LogP contribution in [0.3, 0.4) is 0 Å². The summed E-state index contributed by atoms with van der Waals surface area (Å²) in [7, 11) is -8.03. The number of rotatable bonds is 0. The molecule has 16 heavy (non-hydrogen) atoms. The van der Waals surface area contributed by atoms with Crippen molar-refractivity contribution < 1.29 is 55.1 Å². The first kappa shape index (κ1) is 110. The second-order valence-corrected chi connectivity index (χ2v) is 1.54. The third-order valence-electron chi connectivity index (χ3n) is 0. The van der Waals surface area contributed by atoms with E-state index < -0.39 is 18.7 Å². The molecule has 14 heteroatoms. The molecular formula is C2H16F8O4Si2. The molecule has 0 aromatic rings. The lowest BCUT2D eigenvalue weighted by Crippen LogP contribution is -2.02. The van der Waals surface area contributed by atoms with Crippen LogP contribution in [0.25, 0.3) is 0 Å². The van der Waals surface area contributed by atoms with Crippen LogP contribution < -0.4 is 0 Å². The normalized spacial score (nSPS) is 4.25. The first-order valence-corrected chi connectivity index (χ1v) is 3.49. The molecule has 0 radical (unpaired) electrons. The summed E-state index contributed by atoms with van der Waals surface area (Å²) >= 11 is 0. The molecule has 0 amide bonds. The van der Waals surface area contributed by atoms with Crippen LogP contribution in [0.2, 0.25) is 0 Å². The van der Waals surface area contributed by atoms with Crippen LogP contribution in [-0.4, -0.2) is 29.7 Å². The van der Waals surface area contributed by atoms with Gasteiger partial charge in [0.2, 0.25) is 0 Å². The molecular weight excluding hydrogens is 296 g/mol. The van der Waals surface area contributed by atoms with E-state index in [0.29, 0.717) is 0 Å². The van der Waals surface area contributed by atoms with Crippen molar-refractivity contribution in [3.05, 3.63) is 0 Å². The molecule has 112 valence electrons. The van der Waals surface area contributed by atoms with Gasteiger partial charge in [-0.2, -0.15) is 0 Å². The van der Waals surface area contributed by atoms with E-state index in [1.807, 2.05) is 0 Å². The van der Waals surface area contributed by atoms with Crippen LogP contribution >= 0.6 is 0 Å². The first-order chi connectivity index (χ1) is 3.41. The van der Waals surface area contributed by atoms with Crippen molar-refractivity contribution in [1.29, 1.82) is 0 Å². The van der Waals surface area contributed by atoms with Gasteiger partial charge in [0, 0.05) is 0 Å². The Hall–Kier alpha value is -0.606. The average Bonchev–Trinajstić information content (AvgIpc) is 1.27. The van der Waals surface area contributed by atoms with E-state index in [2.05, 4.69) is 0 Å². The number of hydrogen-bond donors (Lipinski definition) is 0. The first-order valence-electron chi connectivity index (χ1n) is 1.16. The van der Waals surface area contributed by atoms with Crippen LogP contribution in [-0.2, 0) is 8.92 Å². The van der Waals surface area contributed by atoms with E-state index in [1.165, 1.54) is 0 Å². The highest BCUT2D eigenvalue weighted by molar-refractivity contribution is 6.50. The van der Waals surface area contributed by atoms with Crippen LogP contribution in [0.1, 0.15) is 14.9 Å². The molecule has 0 saturated heterocycles. The second-order valence-electron chi connectivity index (χ2n) is 0.512. The Morgan fingerprint density at radius 2 is 0.688 bits per heavy atom. The zero-order valence-electron chi connectivity index (χ0n) is 5.96. The molecule has 4 nitrogen and oxygen atoms in total.